The van der Waals surface area contributed by atoms with Crippen molar-refractivity contribution in [3.8, 4) is 0 Å². The number of aryl methyl sites for hydroxylation is 2. The summed E-state index contributed by atoms with van der Waals surface area (Å²) >= 11 is 6.15. The van der Waals surface area contributed by atoms with Crippen LogP contribution in [0, 0.1) is 6.92 Å². The van der Waals surface area contributed by atoms with Gasteiger partial charge in [-0.2, -0.15) is 0 Å². The number of nitrogens with zero attached hydrogens (tertiary/aromatic N) is 3. The highest BCUT2D eigenvalue weighted by atomic mass is 35.5. The smallest absolute Gasteiger partial charge is 0.263 e. The fourth-order valence-corrected chi connectivity index (χ4v) is 4.05. The third-order valence-electron chi connectivity index (χ3n) is 5.60. The summed E-state index contributed by atoms with van der Waals surface area (Å²) in [4.78, 5) is 35.1. The number of hydrogen-bond donors (Lipinski definition) is 1. The number of benzene rings is 1. The number of anilines is 1. The molecule has 0 bridgehead atoms. The van der Waals surface area contributed by atoms with E-state index < -0.39 is 6.04 Å². The van der Waals surface area contributed by atoms with Gasteiger partial charge in [0.2, 0.25) is 5.91 Å². The van der Waals surface area contributed by atoms with Gasteiger partial charge in [-0.05, 0) is 68.4 Å². The van der Waals surface area contributed by atoms with E-state index in [1.54, 1.807) is 18.2 Å². The van der Waals surface area contributed by atoms with Gasteiger partial charge in [-0.15, -0.1) is 0 Å². The number of rotatable bonds is 4. The Bertz CT molecular complexity index is 1160. The number of carbonyl (C=O) groups is 1. The summed E-state index contributed by atoms with van der Waals surface area (Å²) in [7, 11) is 0. The molecule has 0 saturated carbocycles. The van der Waals surface area contributed by atoms with E-state index in [1.807, 2.05) is 19.9 Å². The molecule has 1 aromatic carbocycles. The van der Waals surface area contributed by atoms with Crippen molar-refractivity contribution in [3.05, 3.63) is 62.8 Å². The van der Waals surface area contributed by atoms with Crippen LogP contribution in [0.2, 0.25) is 5.02 Å². The van der Waals surface area contributed by atoms with Crippen molar-refractivity contribution in [2.24, 2.45) is 0 Å². The average Bonchev–Trinajstić information content (AvgIpc) is 2.72. The molecule has 4 rings (SSSR count). The van der Waals surface area contributed by atoms with Crippen LogP contribution in [0.25, 0.3) is 11.0 Å². The molecule has 1 N–H and O–H groups in total. The van der Waals surface area contributed by atoms with E-state index in [0.717, 1.165) is 42.5 Å². The number of fused-ring (bicyclic) bond motifs is 2. The third kappa shape index (κ3) is 3.65. The first-order valence-corrected chi connectivity index (χ1v) is 10.3. The average molecular weight is 411 g/mol. The molecule has 1 aliphatic rings. The summed E-state index contributed by atoms with van der Waals surface area (Å²) < 4.78 is 1.41. The van der Waals surface area contributed by atoms with Crippen molar-refractivity contribution in [1.82, 2.24) is 14.5 Å². The summed E-state index contributed by atoms with van der Waals surface area (Å²) in [6.07, 6.45) is 5.97. The lowest BCUT2D eigenvalue weighted by Crippen LogP contribution is -2.33. The second kappa shape index (κ2) is 7.95. The molecule has 0 radical (unpaired) electrons. The van der Waals surface area contributed by atoms with Gasteiger partial charge in [-0.3, -0.25) is 14.2 Å². The highest BCUT2D eigenvalue weighted by molar-refractivity contribution is 6.31. The van der Waals surface area contributed by atoms with Crippen molar-refractivity contribution in [2.45, 2.75) is 52.0 Å². The molecule has 0 unspecified atom stereocenters. The third-order valence-corrected chi connectivity index (χ3v) is 6.01. The zero-order valence-corrected chi connectivity index (χ0v) is 17.3. The number of nitrogens with one attached hydrogen (secondary N) is 1. The highest BCUT2D eigenvalue weighted by Gasteiger charge is 2.23. The highest BCUT2D eigenvalue weighted by Crippen LogP contribution is 2.25. The maximum atomic E-state index is 13.2. The number of amides is 1. The van der Waals surface area contributed by atoms with E-state index in [2.05, 4.69) is 15.3 Å². The van der Waals surface area contributed by atoms with Gasteiger partial charge in [-0.1, -0.05) is 24.6 Å². The summed E-state index contributed by atoms with van der Waals surface area (Å²) in [5.74, 6) is -0.271. The SMILES string of the molecule is CC[C@@H](C(=O)Nc1cccc(Cl)c1C)n1cnc2nc3c(cc2c1=O)CCCC3. The van der Waals surface area contributed by atoms with Gasteiger partial charge >= 0.3 is 0 Å². The summed E-state index contributed by atoms with van der Waals surface area (Å²) in [5.41, 5.74) is 3.80. The first kappa shape index (κ1) is 19.6. The van der Waals surface area contributed by atoms with Gasteiger partial charge in [0.1, 0.15) is 12.4 Å². The van der Waals surface area contributed by atoms with Gasteiger partial charge in [0.25, 0.3) is 5.56 Å². The summed E-state index contributed by atoms with van der Waals surface area (Å²) in [6.45, 7) is 3.72. The van der Waals surface area contributed by atoms with Crippen LogP contribution in [0.1, 0.15) is 49.0 Å². The zero-order chi connectivity index (χ0) is 20.5. The minimum atomic E-state index is -0.672. The Labute approximate surface area is 173 Å². The van der Waals surface area contributed by atoms with Crippen molar-refractivity contribution in [3.63, 3.8) is 0 Å². The molecule has 7 heteroatoms. The lowest BCUT2D eigenvalue weighted by molar-refractivity contribution is -0.119. The van der Waals surface area contributed by atoms with Gasteiger partial charge < -0.3 is 5.32 Å². The molecule has 1 aliphatic carbocycles. The lowest BCUT2D eigenvalue weighted by atomic mass is 9.95. The van der Waals surface area contributed by atoms with Crippen LogP contribution in [0.15, 0.2) is 35.4 Å². The number of pyridine rings is 1. The number of halogens is 1. The molecule has 1 atom stereocenters. The number of hydrogen-bond acceptors (Lipinski definition) is 4. The lowest BCUT2D eigenvalue weighted by Gasteiger charge is -2.20. The van der Waals surface area contributed by atoms with E-state index >= 15 is 0 Å². The minimum Gasteiger partial charge on any atom is -0.324 e. The molecule has 2 aromatic heterocycles. The van der Waals surface area contributed by atoms with Crippen LogP contribution in [-0.2, 0) is 17.6 Å². The van der Waals surface area contributed by atoms with Crippen molar-refractivity contribution >= 4 is 34.2 Å². The van der Waals surface area contributed by atoms with E-state index in [9.17, 15) is 9.59 Å². The predicted octanol–water partition coefficient (Wildman–Crippen LogP) is 4.22. The minimum absolute atomic E-state index is 0.235. The predicted molar refractivity (Wildman–Crippen MR) is 115 cm³/mol. The van der Waals surface area contributed by atoms with Crippen LogP contribution >= 0.6 is 11.6 Å². The van der Waals surface area contributed by atoms with Crippen molar-refractivity contribution in [2.75, 3.05) is 5.32 Å². The fourth-order valence-electron chi connectivity index (χ4n) is 3.88. The summed E-state index contributed by atoms with van der Waals surface area (Å²) in [5, 5.41) is 3.95. The Morgan fingerprint density at radius 2 is 2.10 bits per heavy atom. The van der Waals surface area contributed by atoms with Crippen LogP contribution < -0.4 is 10.9 Å². The topological polar surface area (TPSA) is 76.9 Å². The van der Waals surface area contributed by atoms with Gasteiger partial charge in [0.15, 0.2) is 5.65 Å². The number of aromatic nitrogens is 3. The molecule has 150 valence electrons. The molecule has 2 heterocycles. The Balaban J connectivity index is 1.71. The van der Waals surface area contributed by atoms with Gasteiger partial charge in [0.05, 0.1) is 5.39 Å². The van der Waals surface area contributed by atoms with Crippen molar-refractivity contribution < 1.29 is 4.79 Å². The summed E-state index contributed by atoms with van der Waals surface area (Å²) in [6, 6.07) is 6.59. The molecule has 0 spiro atoms. The second-order valence-corrected chi connectivity index (χ2v) is 7.86. The normalized spacial score (nSPS) is 14.4. The first-order chi connectivity index (χ1) is 14.0. The second-order valence-electron chi connectivity index (χ2n) is 7.46. The monoisotopic (exact) mass is 410 g/mol. The molecule has 6 nitrogen and oxygen atoms in total. The van der Waals surface area contributed by atoms with E-state index in [-0.39, 0.29) is 11.5 Å². The Hall–Kier alpha value is -2.73. The van der Waals surface area contributed by atoms with E-state index in [1.165, 1.54) is 10.9 Å². The number of carbonyl (C=O) groups excluding carboxylic acids is 1. The Morgan fingerprint density at radius 1 is 1.31 bits per heavy atom. The van der Waals surface area contributed by atoms with Crippen LogP contribution in [0.5, 0.6) is 0 Å². The van der Waals surface area contributed by atoms with E-state index in [4.69, 9.17) is 11.6 Å². The molecular formula is C22H23ClN4O2. The van der Waals surface area contributed by atoms with Crippen LogP contribution in [-0.4, -0.2) is 20.4 Å². The molecular weight excluding hydrogens is 388 g/mol. The molecule has 29 heavy (non-hydrogen) atoms. The van der Waals surface area contributed by atoms with Gasteiger partial charge in [0, 0.05) is 16.4 Å². The van der Waals surface area contributed by atoms with Gasteiger partial charge in [-0.25, -0.2) is 9.97 Å². The molecule has 1 amide bonds. The quantitative estimate of drug-likeness (QED) is 0.698. The zero-order valence-electron chi connectivity index (χ0n) is 16.5. The Kier molecular flexibility index (Phi) is 5.37. The molecule has 3 aromatic rings. The maximum absolute atomic E-state index is 13.2. The standard InChI is InChI=1S/C22H23ClN4O2/c1-3-19(21(28)26-17-10-6-8-16(23)13(17)2)27-12-24-20-15(22(27)29)11-14-7-4-5-9-18(14)25-20/h6,8,10-12,19H,3-5,7,9H2,1-2H3,(H,26,28)/t19-/m0/s1. The largest absolute Gasteiger partial charge is 0.324 e. The molecule has 0 aliphatic heterocycles. The van der Waals surface area contributed by atoms with Crippen molar-refractivity contribution in [1.29, 1.82) is 0 Å². The van der Waals surface area contributed by atoms with Crippen LogP contribution in [0.3, 0.4) is 0 Å². The molecule has 0 saturated heterocycles. The van der Waals surface area contributed by atoms with Crippen LogP contribution in [0.4, 0.5) is 5.69 Å². The first-order valence-electron chi connectivity index (χ1n) is 9.95. The van der Waals surface area contributed by atoms with E-state index in [0.29, 0.717) is 28.2 Å². The maximum Gasteiger partial charge on any atom is 0.263 e. The Morgan fingerprint density at radius 3 is 2.90 bits per heavy atom. The fraction of sp³-hybridized carbons (Fsp3) is 0.364. The molecule has 0 fully saturated rings.